The lowest BCUT2D eigenvalue weighted by Crippen LogP contribution is -2.50. The van der Waals surface area contributed by atoms with Crippen LogP contribution in [0.25, 0.3) is 0 Å². The molecule has 0 aromatic rings. The average Bonchev–Trinajstić information content (AvgIpc) is 2.49. The summed E-state index contributed by atoms with van der Waals surface area (Å²) in [4.78, 5) is 16.6. The molecule has 0 aromatic carbocycles. The number of carbonyl (C=O) groups excluding carboxylic acids is 1. The van der Waals surface area contributed by atoms with Crippen molar-refractivity contribution >= 4 is 30.7 Å². The van der Waals surface area contributed by atoms with Gasteiger partial charge in [-0.05, 0) is 38.8 Å². The highest BCUT2D eigenvalue weighted by Crippen LogP contribution is 2.17. The van der Waals surface area contributed by atoms with Crippen LogP contribution in [0.1, 0.15) is 25.7 Å². The Labute approximate surface area is 146 Å². The minimum absolute atomic E-state index is 0. The van der Waals surface area contributed by atoms with E-state index in [1.807, 2.05) is 11.9 Å². The Hall–Kier alpha value is -0.0700. The summed E-state index contributed by atoms with van der Waals surface area (Å²) < 4.78 is 5.41. The van der Waals surface area contributed by atoms with Crippen molar-refractivity contribution in [3.63, 3.8) is 0 Å². The summed E-state index contributed by atoms with van der Waals surface area (Å²) in [5, 5.41) is 3.09. The summed E-state index contributed by atoms with van der Waals surface area (Å²) in [7, 11) is 1.93. The Bertz CT molecular complexity index is 295. The van der Waals surface area contributed by atoms with Crippen LogP contribution in [0.4, 0.5) is 0 Å². The summed E-state index contributed by atoms with van der Waals surface area (Å²) in [5.41, 5.74) is 0. The standard InChI is InChI=1S/C15H29N3O2.2ClH/c1-16-6-2-3-15(19)18-9-7-17(8-10-18)13-14-4-11-20-12-5-14;;/h14,16H,2-13H2,1H3;2*1H. The number of rotatable bonds is 6. The number of carbonyl (C=O) groups is 1. The van der Waals surface area contributed by atoms with Gasteiger partial charge >= 0.3 is 0 Å². The van der Waals surface area contributed by atoms with E-state index < -0.39 is 0 Å². The maximum Gasteiger partial charge on any atom is 0.222 e. The number of amides is 1. The van der Waals surface area contributed by atoms with Crippen molar-refractivity contribution in [2.45, 2.75) is 25.7 Å². The summed E-state index contributed by atoms with van der Waals surface area (Å²) in [6.45, 7) is 7.84. The molecule has 1 amide bonds. The van der Waals surface area contributed by atoms with Crippen LogP contribution in [-0.4, -0.2) is 75.2 Å². The molecule has 0 saturated carbocycles. The Morgan fingerprint density at radius 2 is 1.77 bits per heavy atom. The van der Waals surface area contributed by atoms with Crippen LogP contribution in [0.3, 0.4) is 0 Å². The number of ether oxygens (including phenoxy) is 1. The zero-order valence-electron chi connectivity index (χ0n) is 13.6. The van der Waals surface area contributed by atoms with E-state index in [1.54, 1.807) is 0 Å². The van der Waals surface area contributed by atoms with E-state index in [4.69, 9.17) is 4.74 Å². The fraction of sp³-hybridized carbons (Fsp3) is 0.933. The van der Waals surface area contributed by atoms with E-state index in [2.05, 4.69) is 10.2 Å². The summed E-state index contributed by atoms with van der Waals surface area (Å²) in [5.74, 6) is 1.12. The molecule has 2 aliphatic heterocycles. The van der Waals surface area contributed by atoms with Crippen LogP contribution < -0.4 is 5.32 Å². The molecule has 0 atom stereocenters. The van der Waals surface area contributed by atoms with Crippen molar-refractivity contribution in [2.24, 2.45) is 5.92 Å². The van der Waals surface area contributed by atoms with Crippen LogP contribution in [0.5, 0.6) is 0 Å². The number of hydrogen-bond acceptors (Lipinski definition) is 4. The van der Waals surface area contributed by atoms with E-state index >= 15 is 0 Å². The van der Waals surface area contributed by atoms with Gasteiger partial charge in [0.15, 0.2) is 0 Å². The highest BCUT2D eigenvalue weighted by Gasteiger charge is 2.23. The molecule has 132 valence electrons. The number of halogens is 2. The Kier molecular flexibility index (Phi) is 12.3. The maximum absolute atomic E-state index is 12.0. The van der Waals surface area contributed by atoms with Gasteiger partial charge in [-0.25, -0.2) is 0 Å². The molecule has 0 aromatic heterocycles. The van der Waals surface area contributed by atoms with E-state index in [0.717, 1.165) is 58.3 Å². The predicted molar refractivity (Wildman–Crippen MR) is 94.2 cm³/mol. The van der Waals surface area contributed by atoms with Crippen LogP contribution in [0.2, 0.25) is 0 Å². The van der Waals surface area contributed by atoms with E-state index in [0.29, 0.717) is 12.3 Å². The Balaban J connectivity index is 0.00000220. The minimum atomic E-state index is 0. The van der Waals surface area contributed by atoms with Gasteiger partial charge in [0, 0.05) is 52.4 Å². The number of nitrogens with one attached hydrogen (secondary N) is 1. The second-order valence-electron chi connectivity index (χ2n) is 5.94. The quantitative estimate of drug-likeness (QED) is 0.731. The lowest BCUT2D eigenvalue weighted by molar-refractivity contribution is -0.133. The van der Waals surface area contributed by atoms with Gasteiger partial charge in [-0.15, -0.1) is 24.8 Å². The molecule has 22 heavy (non-hydrogen) atoms. The van der Waals surface area contributed by atoms with E-state index in [9.17, 15) is 4.79 Å². The van der Waals surface area contributed by atoms with Gasteiger partial charge in [0.2, 0.25) is 5.91 Å². The molecule has 2 saturated heterocycles. The zero-order chi connectivity index (χ0) is 14.2. The third-order valence-corrected chi connectivity index (χ3v) is 4.40. The summed E-state index contributed by atoms with van der Waals surface area (Å²) in [6, 6.07) is 0. The van der Waals surface area contributed by atoms with Crippen molar-refractivity contribution in [3.8, 4) is 0 Å². The van der Waals surface area contributed by atoms with Crippen molar-refractivity contribution in [3.05, 3.63) is 0 Å². The third kappa shape index (κ3) is 7.47. The van der Waals surface area contributed by atoms with Crippen LogP contribution in [0, 0.1) is 5.92 Å². The molecule has 2 aliphatic rings. The monoisotopic (exact) mass is 355 g/mol. The molecule has 1 N–H and O–H groups in total. The molecular formula is C15H31Cl2N3O2. The normalized spacial score (nSPS) is 20.1. The Morgan fingerprint density at radius 1 is 1.14 bits per heavy atom. The Morgan fingerprint density at radius 3 is 2.36 bits per heavy atom. The first-order chi connectivity index (χ1) is 9.79. The summed E-state index contributed by atoms with van der Waals surface area (Å²) >= 11 is 0. The fourth-order valence-corrected chi connectivity index (χ4v) is 3.05. The van der Waals surface area contributed by atoms with Gasteiger partial charge in [-0.2, -0.15) is 0 Å². The van der Waals surface area contributed by atoms with Crippen LogP contribution in [-0.2, 0) is 9.53 Å². The van der Waals surface area contributed by atoms with Crippen LogP contribution in [0.15, 0.2) is 0 Å². The molecule has 5 nitrogen and oxygen atoms in total. The smallest absolute Gasteiger partial charge is 0.222 e. The van der Waals surface area contributed by atoms with Gasteiger partial charge in [0.25, 0.3) is 0 Å². The lowest BCUT2D eigenvalue weighted by Gasteiger charge is -2.37. The largest absolute Gasteiger partial charge is 0.381 e. The van der Waals surface area contributed by atoms with Crippen molar-refractivity contribution in [1.82, 2.24) is 15.1 Å². The molecule has 2 rings (SSSR count). The van der Waals surface area contributed by atoms with Gasteiger partial charge in [0.05, 0.1) is 0 Å². The van der Waals surface area contributed by atoms with Crippen molar-refractivity contribution in [1.29, 1.82) is 0 Å². The topological polar surface area (TPSA) is 44.8 Å². The van der Waals surface area contributed by atoms with E-state index in [-0.39, 0.29) is 24.8 Å². The number of nitrogens with zero attached hydrogens (tertiary/aromatic N) is 2. The second-order valence-corrected chi connectivity index (χ2v) is 5.94. The van der Waals surface area contributed by atoms with Gasteiger partial charge < -0.3 is 15.0 Å². The third-order valence-electron chi connectivity index (χ3n) is 4.40. The van der Waals surface area contributed by atoms with Gasteiger partial charge in [0.1, 0.15) is 0 Å². The molecule has 0 radical (unpaired) electrons. The highest BCUT2D eigenvalue weighted by atomic mass is 35.5. The molecule has 7 heteroatoms. The molecule has 2 heterocycles. The summed E-state index contributed by atoms with van der Waals surface area (Å²) in [6.07, 6.45) is 4.02. The maximum atomic E-state index is 12.0. The first kappa shape index (κ1) is 21.9. The molecule has 0 spiro atoms. The van der Waals surface area contributed by atoms with Gasteiger partial charge in [-0.1, -0.05) is 0 Å². The first-order valence-corrected chi connectivity index (χ1v) is 8.02. The molecule has 0 bridgehead atoms. The lowest BCUT2D eigenvalue weighted by atomic mass is 9.99. The number of piperazine rings is 1. The number of hydrogen-bond donors (Lipinski definition) is 1. The highest BCUT2D eigenvalue weighted by molar-refractivity contribution is 5.85. The average molecular weight is 356 g/mol. The second kappa shape index (κ2) is 12.4. The van der Waals surface area contributed by atoms with E-state index in [1.165, 1.54) is 19.4 Å². The predicted octanol–water partition coefficient (Wildman–Crippen LogP) is 1.40. The molecule has 0 aliphatic carbocycles. The van der Waals surface area contributed by atoms with Crippen molar-refractivity contribution in [2.75, 3.05) is 59.5 Å². The van der Waals surface area contributed by atoms with Crippen LogP contribution >= 0.6 is 24.8 Å². The zero-order valence-corrected chi connectivity index (χ0v) is 15.2. The van der Waals surface area contributed by atoms with Gasteiger partial charge in [-0.3, -0.25) is 9.69 Å². The minimum Gasteiger partial charge on any atom is -0.381 e. The molecule has 0 unspecified atom stereocenters. The van der Waals surface area contributed by atoms with Crippen molar-refractivity contribution < 1.29 is 9.53 Å². The fourth-order valence-electron chi connectivity index (χ4n) is 3.05. The molecule has 2 fully saturated rings. The SMILES string of the molecule is CNCCCC(=O)N1CCN(CC2CCOCC2)CC1.Cl.Cl. The molecular weight excluding hydrogens is 325 g/mol. The first-order valence-electron chi connectivity index (χ1n) is 8.02.